The van der Waals surface area contributed by atoms with Crippen LogP contribution in [0.2, 0.25) is 0 Å². The van der Waals surface area contributed by atoms with Crippen molar-refractivity contribution in [2.75, 3.05) is 32.8 Å². The molecule has 0 radical (unpaired) electrons. The smallest absolute Gasteiger partial charge is 0.191 e. The summed E-state index contributed by atoms with van der Waals surface area (Å²) in [4.78, 5) is 4.66. The largest absolute Gasteiger partial charge is 0.486 e. The number of hydrogen-bond acceptors (Lipinski definition) is 5. The molecule has 0 fully saturated rings. The molecule has 1 aromatic carbocycles. The van der Waals surface area contributed by atoms with Crippen molar-refractivity contribution < 1.29 is 9.47 Å². The number of aryl methyl sites for hydroxylation is 1. The van der Waals surface area contributed by atoms with E-state index in [0.717, 1.165) is 49.2 Å². The second-order valence-electron chi connectivity index (χ2n) is 6.35. The second kappa shape index (κ2) is 10.3. The van der Waals surface area contributed by atoms with E-state index in [4.69, 9.17) is 9.47 Å². The average Bonchev–Trinajstić information content (AvgIpc) is 3.19. The fourth-order valence-electron chi connectivity index (χ4n) is 2.92. The first-order valence-electron chi connectivity index (χ1n) is 9.68. The van der Waals surface area contributed by atoms with Gasteiger partial charge in [-0.25, -0.2) is 0 Å². The Morgan fingerprint density at radius 1 is 1.29 bits per heavy atom. The van der Waals surface area contributed by atoms with E-state index < -0.39 is 0 Å². The molecule has 8 nitrogen and oxygen atoms in total. The average molecular weight is 384 g/mol. The Balaban J connectivity index is 1.52. The summed E-state index contributed by atoms with van der Waals surface area (Å²) in [5.41, 5.74) is 1.17. The van der Waals surface area contributed by atoms with Gasteiger partial charge in [0.15, 0.2) is 17.5 Å². The van der Waals surface area contributed by atoms with Crippen molar-refractivity contribution in [3.8, 4) is 11.5 Å². The zero-order valence-corrected chi connectivity index (χ0v) is 16.4. The molecule has 2 aromatic rings. The second-order valence-corrected chi connectivity index (χ2v) is 6.35. The molecule has 8 heteroatoms. The summed E-state index contributed by atoms with van der Waals surface area (Å²) in [5.74, 6) is 3.38. The third kappa shape index (κ3) is 5.48. The van der Waals surface area contributed by atoms with Gasteiger partial charge in [-0.05, 0) is 24.1 Å². The minimum Gasteiger partial charge on any atom is -0.486 e. The molecule has 0 spiro atoms. The molecule has 1 aliphatic heterocycles. The minimum absolute atomic E-state index is 0.598. The number of guanidine groups is 1. The van der Waals surface area contributed by atoms with Crippen molar-refractivity contribution in [2.24, 2.45) is 4.99 Å². The number of hydrogen-bond donors (Lipinski definition) is 2. The van der Waals surface area contributed by atoms with Crippen LogP contribution in [0, 0.1) is 0 Å². The van der Waals surface area contributed by atoms with E-state index in [1.807, 2.05) is 22.8 Å². The third-order valence-corrected chi connectivity index (χ3v) is 4.35. The summed E-state index contributed by atoms with van der Waals surface area (Å²) < 4.78 is 13.3. The molecule has 0 bridgehead atoms. The maximum atomic E-state index is 5.64. The third-order valence-electron chi connectivity index (χ3n) is 4.35. The van der Waals surface area contributed by atoms with Crippen LogP contribution >= 0.6 is 0 Å². The van der Waals surface area contributed by atoms with Crippen molar-refractivity contribution in [3.63, 3.8) is 0 Å². The van der Waals surface area contributed by atoms with Crippen LogP contribution in [0.15, 0.2) is 42.2 Å². The summed E-state index contributed by atoms with van der Waals surface area (Å²) >= 11 is 0. The van der Waals surface area contributed by atoms with Gasteiger partial charge in [0.1, 0.15) is 25.4 Å². The molecule has 0 saturated heterocycles. The molecule has 150 valence electrons. The van der Waals surface area contributed by atoms with Gasteiger partial charge in [-0.3, -0.25) is 4.99 Å². The minimum atomic E-state index is 0.598. The number of aliphatic imine (C=N–C) groups is 1. The predicted octanol–water partition coefficient (Wildman–Crippen LogP) is 1.58. The van der Waals surface area contributed by atoms with Crippen LogP contribution in [-0.2, 0) is 19.4 Å². The highest BCUT2D eigenvalue weighted by atomic mass is 16.6. The Bertz CT molecular complexity index is 802. The Morgan fingerprint density at radius 2 is 2.14 bits per heavy atom. The molecule has 28 heavy (non-hydrogen) atoms. The van der Waals surface area contributed by atoms with E-state index in [2.05, 4.69) is 45.4 Å². The topological polar surface area (TPSA) is 85.6 Å². The first-order chi connectivity index (χ1) is 13.8. The van der Waals surface area contributed by atoms with Gasteiger partial charge >= 0.3 is 0 Å². The summed E-state index contributed by atoms with van der Waals surface area (Å²) in [6.45, 7) is 9.87. The summed E-state index contributed by atoms with van der Waals surface area (Å²) in [6, 6.07) is 6.06. The lowest BCUT2D eigenvalue weighted by Crippen LogP contribution is -2.39. The van der Waals surface area contributed by atoms with Gasteiger partial charge in [-0.2, -0.15) is 0 Å². The molecule has 0 atom stereocenters. The van der Waals surface area contributed by atoms with Crippen LogP contribution in [0.1, 0.15) is 18.3 Å². The number of nitrogens with one attached hydrogen (secondary N) is 2. The van der Waals surface area contributed by atoms with Crippen LogP contribution in [0.4, 0.5) is 0 Å². The fourth-order valence-corrected chi connectivity index (χ4v) is 2.92. The Morgan fingerprint density at radius 3 is 2.96 bits per heavy atom. The Hall–Kier alpha value is -3.03. The molecule has 0 saturated carbocycles. The number of ether oxygens (including phenoxy) is 2. The van der Waals surface area contributed by atoms with Crippen molar-refractivity contribution in [1.29, 1.82) is 0 Å². The van der Waals surface area contributed by atoms with E-state index in [9.17, 15) is 0 Å². The Labute approximate surface area is 165 Å². The zero-order valence-electron chi connectivity index (χ0n) is 16.4. The van der Waals surface area contributed by atoms with Gasteiger partial charge < -0.3 is 24.7 Å². The SMILES string of the molecule is C=CCNC(=NCCc1ccc2c(c1)OCCO2)NCCn1cnnc1CC. The van der Waals surface area contributed by atoms with Crippen molar-refractivity contribution in [2.45, 2.75) is 26.3 Å². The molecule has 0 aliphatic carbocycles. The molecule has 2 N–H and O–H groups in total. The number of aromatic nitrogens is 3. The summed E-state index contributed by atoms with van der Waals surface area (Å²) in [5, 5.41) is 14.7. The monoisotopic (exact) mass is 384 g/mol. The first kappa shape index (κ1) is 19.7. The Kier molecular flexibility index (Phi) is 7.29. The quantitative estimate of drug-likeness (QED) is 0.388. The van der Waals surface area contributed by atoms with Crippen molar-refractivity contribution in [3.05, 3.63) is 48.6 Å². The van der Waals surface area contributed by atoms with E-state index >= 15 is 0 Å². The molecule has 0 amide bonds. The molecular weight excluding hydrogens is 356 g/mol. The normalized spacial score (nSPS) is 13.2. The highest BCUT2D eigenvalue weighted by Gasteiger charge is 2.11. The number of rotatable bonds is 9. The van der Waals surface area contributed by atoms with Gasteiger partial charge in [-0.1, -0.05) is 19.1 Å². The maximum Gasteiger partial charge on any atom is 0.191 e. The zero-order chi connectivity index (χ0) is 19.6. The van der Waals surface area contributed by atoms with Crippen molar-refractivity contribution in [1.82, 2.24) is 25.4 Å². The van der Waals surface area contributed by atoms with Crippen LogP contribution in [0.3, 0.4) is 0 Å². The van der Waals surface area contributed by atoms with Crippen LogP contribution in [-0.4, -0.2) is 53.6 Å². The predicted molar refractivity (Wildman–Crippen MR) is 109 cm³/mol. The molecule has 1 aliphatic rings. The van der Waals surface area contributed by atoms with E-state index in [-0.39, 0.29) is 0 Å². The van der Waals surface area contributed by atoms with Gasteiger partial charge in [-0.15, -0.1) is 16.8 Å². The summed E-state index contributed by atoms with van der Waals surface area (Å²) in [6.07, 6.45) is 5.26. The van der Waals surface area contributed by atoms with Gasteiger partial charge in [0, 0.05) is 32.6 Å². The molecule has 2 heterocycles. The molecule has 0 unspecified atom stereocenters. The van der Waals surface area contributed by atoms with E-state index in [0.29, 0.717) is 26.3 Å². The number of benzene rings is 1. The van der Waals surface area contributed by atoms with Crippen molar-refractivity contribution >= 4 is 5.96 Å². The lowest BCUT2D eigenvalue weighted by molar-refractivity contribution is 0.171. The number of nitrogens with zero attached hydrogens (tertiary/aromatic N) is 4. The fraction of sp³-hybridized carbons (Fsp3) is 0.450. The standard InChI is InChI=1S/C20H28N6O2/c1-3-8-21-20(23-10-11-26-15-24-25-19(26)4-2)22-9-7-16-5-6-17-18(14-16)28-13-12-27-17/h3,5-6,14-15H,1,4,7-13H2,2H3,(H2,21,22,23). The van der Waals surface area contributed by atoms with Gasteiger partial charge in [0.05, 0.1) is 0 Å². The first-order valence-corrected chi connectivity index (χ1v) is 9.68. The molecule has 1 aromatic heterocycles. The van der Waals surface area contributed by atoms with Crippen LogP contribution < -0.4 is 20.1 Å². The van der Waals surface area contributed by atoms with Gasteiger partial charge in [0.25, 0.3) is 0 Å². The van der Waals surface area contributed by atoms with E-state index in [1.54, 1.807) is 6.33 Å². The highest BCUT2D eigenvalue weighted by Crippen LogP contribution is 2.30. The lowest BCUT2D eigenvalue weighted by atomic mass is 10.1. The highest BCUT2D eigenvalue weighted by molar-refractivity contribution is 5.79. The summed E-state index contributed by atoms with van der Waals surface area (Å²) in [7, 11) is 0. The van der Waals surface area contributed by atoms with Gasteiger partial charge in [0.2, 0.25) is 0 Å². The molecule has 3 rings (SSSR count). The maximum absolute atomic E-state index is 5.64. The van der Waals surface area contributed by atoms with Crippen LogP contribution in [0.25, 0.3) is 0 Å². The molecular formula is C20H28N6O2. The lowest BCUT2D eigenvalue weighted by Gasteiger charge is -2.18. The van der Waals surface area contributed by atoms with Crippen LogP contribution in [0.5, 0.6) is 11.5 Å². The number of fused-ring (bicyclic) bond motifs is 1. The van der Waals surface area contributed by atoms with E-state index in [1.165, 1.54) is 5.56 Å².